The highest BCUT2D eigenvalue weighted by molar-refractivity contribution is 5.28. The molecule has 2 rings (SSSR count). The van der Waals surface area contributed by atoms with Gasteiger partial charge in [-0.2, -0.15) is 5.10 Å². The van der Waals surface area contributed by atoms with Crippen molar-refractivity contribution in [2.45, 2.75) is 26.4 Å². The van der Waals surface area contributed by atoms with Gasteiger partial charge >= 0.3 is 0 Å². The van der Waals surface area contributed by atoms with E-state index in [1.807, 2.05) is 36.1 Å². The fourth-order valence-corrected chi connectivity index (χ4v) is 1.84. The zero-order chi connectivity index (χ0) is 12.8. The third-order valence-corrected chi connectivity index (χ3v) is 2.63. The second-order valence-corrected chi connectivity index (χ2v) is 4.20. The summed E-state index contributed by atoms with van der Waals surface area (Å²) < 4.78 is 4.00. The lowest BCUT2D eigenvalue weighted by atomic mass is 10.4. The number of imidazole rings is 1. The number of hydrogen-bond acceptors (Lipinski definition) is 3. The predicted octanol–water partition coefficient (Wildman–Crippen LogP) is 2.08. The molecular formula is C13H19N5. The molecule has 18 heavy (non-hydrogen) atoms. The van der Waals surface area contributed by atoms with Gasteiger partial charge in [0.2, 0.25) is 5.95 Å². The van der Waals surface area contributed by atoms with Gasteiger partial charge in [-0.1, -0.05) is 6.08 Å². The van der Waals surface area contributed by atoms with Gasteiger partial charge in [0.05, 0.1) is 5.69 Å². The average Bonchev–Trinajstić information content (AvgIpc) is 2.96. The molecule has 2 heterocycles. The highest BCUT2D eigenvalue weighted by atomic mass is 15.3. The largest absolute Gasteiger partial charge is 0.356 e. The van der Waals surface area contributed by atoms with Gasteiger partial charge in [0.25, 0.3) is 0 Å². The molecule has 0 aliphatic rings. The van der Waals surface area contributed by atoms with Crippen LogP contribution in [0.25, 0.3) is 0 Å². The lowest BCUT2D eigenvalue weighted by Gasteiger charge is -2.07. The summed E-state index contributed by atoms with van der Waals surface area (Å²) in [5.41, 5.74) is 1.02. The van der Waals surface area contributed by atoms with E-state index < -0.39 is 0 Å². The van der Waals surface area contributed by atoms with Gasteiger partial charge in [-0.25, -0.2) is 4.98 Å². The first kappa shape index (κ1) is 12.4. The smallest absolute Gasteiger partial charge is 0.203 e. The molecule has 0 fully saturated rings. The summed E-state index contributed by atoms with van der Waals surface area (Å²) in [7, 11) is 0. The number of rotatable bonds is 7. The topological polar surface area (TPSA) is 47.7 Å². The summed E-state index contributed by atoms with van der Waals surface area (Å²) in [5.74, 6) is 0.910. The number of nitrogens with one attached hydrogen (secondary N) is 1. The van der Waals surface area contributed by atoms with Crippen LogP contribution in [0.5, 0.6) is 0 Å². The van der Waals surface area contributed by atoms with E-state index in [4.69, 9.17) is 0 Å². The summed E-state index contributed by atoms with van der Waals surface area (Å²) in [6, 6.07) is 1.94. The van der Waals surface area contributed by atoms with E-state index in [1.165, 1.54) is 0 Å². The van der Waals surface area contributed by atoms with Crippen molar-refractivity contribution in [3.63, 3.8) is 0 Å². The van der Waals surface area contributed by atoms with Gasteiger partial charge < -0.3 is 9.88 Å². The van der Waals surface area contributed by atoms with E-state index in [-0.39, 0.29) is 0 Å². The minimum atomic E-state index is 0.780. The number of aryl methyl sites for hydroxylation is 2. The Labute approximate surface area is 107 Å². The van der Waals surface area contributed by atoms with Gasteiger partial charge in [0.15, 0.2) is 0 Å². The summed E-state index contributed by atoms with van der Waals surface area (Å²) in [5, 5.41) is 7.51. The second-order valence-electron chi connectivity index (χ2n) is 4.20. The lowest BCUT2D eigenvalue weighted by Crippen LogP contribution is -2.10. The van der Waals surface area contributed by atoms with Crippen molar-refractivity contribution in [3.8, 4) is 0 Å². The molecule has 0 atom stereocenters. The molecule has 0 radical (unpaired) electrons. The molecule has 0 bridgehead atoms. The van der Waals surface area contributed by atoms with E-state index in [9.17, 15) is 0 Å². The van der Waals surface area contributed by atoms with Crippen molar-refractivity contribution in [2.75, 3.05) is 11.9 Å². The van der Waals surface area contributed by atoms with E-state index in [0.29, 0.717) is 0 Å². The van der Waals surface area contributed by atoms with Crippen molar-refractivity contribution < 1.29 is 0 Å². The van der Waals surface area contributed by atoms with E-state index >= 15 is 0 Å². The zero-order valence-corrected chi connectivity index (χ0v) is 10.7. The van der Waals surface area contributed by atoms with Gasteiger partial charge in [-0.15, -0.1) is 6.58 Å². The Hall–Kier alpha value is -2.04. The number of allylic oxidation sites excluding steroid dienone is 1. The average molecular weight is 245 g/mol. The van der Waals surface area contributed by atoms with E-state index in [1.54, 1.807) is 6.20 Å². The molecule has 0 aliphatic heterocycles. The SMILES string of the molecule is C=CCn1cc(C)nc1NCCCn1cccn1. The normalized spacial score (nSPS) is 10.5. The monoisotopic (exact) mass is 245 g/mol. The summed E-state index contributed by atoms with van der Waals surface area (Å²) in [6.45, 7) is 8.32. The van der Waals surface area contributed by atoms with Crippen LogP contribution in [0.3, 0.4) is 0 Å². The first-order valence-electron chi connectivity index (χ1n) is 6.15. The van der Waals surface area contributed by atoms with Crippen LogP contribution in [-0.2, 0) is 13.1 Å². The van der Waals surface area contributed by atoms with Crippen LogP contribution in [0, 0.1) is 6.92 Å². The van der Waals surface area contributed by atoms with E-state index in [2.05, 4.69) is 26.5 Å². The standard InChI is InChI=1S/C13H19N5/c1-3-8-17-11-12(2)16-13(17)14-6-4-9-18-10-5-7-15-18/h3,5,7,10-11H,1,4,6,8-9H2,2H3,(H,14,16). The minimum absolute atomic E-state index is 0.780. The van der Waals surface area contributed by atoms with Crippen LogP contribution in [0.15, 0.2) is 37.3 Å². The summed E-state index contributed by atoms with van der Waals surface area (Å²) in [6.07, 6.45) is 8.69. The molecule has 0 saturated carbocycles. The zero-order valence-electron chi connectivity index (χ0n) is 10.7. The Morgan fingerprint density at radius 3 is 3.11 bits per heavy atom. The molecule has 0 amide bonds. The van der Waals surface area contributed by atoms with Crippen LogP contribution < -0.4 is 5.32 Å². The molecule has 5 nitrogen and oxygen atoms in total. The summed E-state index contributed by atoms with van der Waals surface area (Å²) in [4.78, 5) is 4.45. The molecule has 0 saturated heterocycles. The van der Waals surface area contributed by atoms with Crippen molar-refractivity contribution in [3.05, 3.63) is 43.0 Å². The molecule has 96 valence electrons. The van der Waals surface area contributed by atoms with Gasteiger partial charge in [-0.3, -0.25) is 4.68 Å². The Morgan fingerprint density at radius 1 is 1.50 bits per heavy atom. The predicted molar refractivity (Wildman–Crippen MR) is 72.5 cm³/mol. The molecule has 1 N–H and O–H groups in total. The third kappa shape index (κ3) is 3.23. The molecule has 0 aromatic carbocycles. The highest BCUT2D eigenvalue weighted by Gasteiger charge is 2.03. The fourth-order valence-electron chi connectivity index (χ4n) is 1.84. The molecule has 0 spiro atoms. The molecule has 2 aromatic heterocycles. The molecule has 0 unspecified atom stereocenters. The fraction of sp³-hybridized carbons (Fsp3) is 0.385. The maximum absolute atomic E-state index is 4.45. The van der Waals surface area contributed by atoms with Gasteiger partial charge in [0.1, 0.15) is 0 Å². The van der Waals surface area contributed by atoms with Gasteiger partial charge in [-0.05, 0) is 19.4 Å². The Morgan fingerprint density at radius 2 is 2.39 bits per heavy atom. The number of hydrogen-bond donors (Lipinski definition) is 1. The number of nitrogens with zero attached hydrogens (tertiary/aromatic N) is 4. The second kappa shape index (κ2) is 6.05. The molecule has 2 aromatic rings. The number of aromatic nitrogens is 4. The van der Waals surface area contributed by atoms with Crippen LogP contribution in [0.2, 0.25) is 0 Å². The molecule has 5 heteroatoms. The lowest BCUT2D eigenvalue weighted by molar-refractivity contribution is 0.590. The first-order chi connectivity index (χ1) is 8.79. The summed E-state index contributed by atoms with van der Waals surface area (Å²) >= 11 is 0. The van der Waals surface area contributed by atoms with Crippen LogP contribution in [0.1, 0.15) is 12.1 Å². The Balaban J connectivity index is 1.80. The first-order valence-corrected chi connectivity index (χ1v) is 6.15. The quantitative estimate of drug-likeness (QED) is 0.600. The highest BCUT2D eigenvalue weighted by Crippen LogP contribution is 2.08. The third-order valence-electron chi connectivity index (χ3n) is 2.63. The van der Waals surface area contributed by atoms with E-state index in [0.717, 1.165) is 37.7 Å². The molecule has 0 aliphatic carbocycles. The van der Waals surface area contributed by atoms with Crippen LogP contribution in [-0.4, -0.2) is 25.9 Å². The maximum Gasteiger partial charge on any atom is 0.203 e. The van der Waals surface area contributed by atoms with Crippen molar-refractivity contribution in [2.24, 2.45) is 0 Å². The Kier molecular flexibility index (Phi) is 4.17. The van der Waals surface area contributed by atoms with Crippen LogP contribution in [0.4, 0.5) is 5.95 Å². The maximum atomic E-state index is 4.45. The number of anilines is 1. The van der Waals surface area contributed by atoms with Crippen molar-refractivity contribution in [1.82, 2.24) is 19.3 Å². The van der Waals surface area contributed by atoms with Crippen molar-refractivity contribution >= 4 is 5.95 Å². The van der Waals surface area contributed by atoms with Gasteiger partial charge in [0, 0.05) is 38.2 Å². The minimum Gasteiger partial charge on any atom is -0.356 e. The molecular weight excluding hydrogens is 226 g/mol. The van der Waals surface area contributed by atoms with Crippen LogP contribution >= 0.6 is 0 Å². The van der Waals surface area contributed by atoms with Crippen molar-refractivity contribution in [1.29, 1.82) is 0 Å². The Bertz CT molecular complexity index is 483.